The average molecular weight is 871 g/mol. The van der Waals surface area contributed by atoms with Crippen LogP contribution >= 0.6 is 74.1 Å². The van der Waals surface area contributed by atoms with E-state index in [1.165, 1.54) is 49.6 Å². The second-order valence-electron chi connectivity index (χ2n) is 7.38. The van der Waals surface area contributed by atoms with Crippen molar-refractivity contribution in [1.29, 1.82) is 0 Å². The molecule has 47 heavy (non-hydrogen) atoms. The molecule has 244 valence electrons. The Kier molecular flexibility index (Phi) is 16.3. The Morgan fingerprint density at radius 2 is 0.766 bits per heavy atom. The molecular formula is C20H14MoN12O6S8. The number of nitrogens with zero attached hydrogens (tertiary/aromatic N) is 8. The van der Waals surface area contributed by atoms with Gasteiger partial charge in [-0.15, -0.1) is 25.3 Å². The normalized spacial score (nSPS) is 9.57. The Morgan fingerprint density at radius 1 is 0.553 bits per heavy atom. The number of carbonyl (C=O) groups is 4. The molecule has 4 aromatic heterocycles. The Balaban J connectivity index is 0.000000302. The van der Waals surface area contributed by atoms with E-state index in [4.69, 9.17) is 80.9 Å². The van der Waals surface area contributed by atoms with Crippen molar-refractivity contribution in [2.24, 2.45) is 0 Å². The van der Waals surface area contributed by atoms with Crippen LogP contribution in [0.1, 0.15) is 42.5 Å². The van der Waals surface area contributed by atoms with Gasteiger partial charge in [0.25, 0.3) is 0 Å². The number of hydrazine groups is 2. The van der Waals surface area contributed by atoms with Gasteiger partial charge in [-0.25, -0.2) is 30.0 Å². The molecule has 4 rings (SSSR count). The number of thiol groups is 2. The number of H-pyrrole nitrogens is 4. The third-order valence-corrected chi connectivity index (χ3v) is 6.10. The maximum absolute atomic E-state index is 12.4. The summed E-state index contributed by atoms with van der Waals surface area (Å²) in [6.45, 7) is 0. The van der Waals surface area contributed by atoms with Crippen LogP contribution in [-0.2, 0) is 50.5 Å². The van der Waals surface area contributed by atoms with Crippen LogP contribution in [-0.4, -0.2) is 101 Å². The topological polar surface area (TPSA) is 230 Å². The first-order chi connectivity index (χ1) is 22.3. The number of hydrogen-bond donors (Lipinski definition) is 6. The van der Waals surface area contributed by atoms with Crippen molar-refractivity contribution in [2.45, 2.75) is 0 Å². The van der Waals surface area contributed by atoms with E-state index >= 15 is 0 Å². The van der Waals surface area contributed by atoms with Gasteiger partial charge in [0.15, 0.2) is 31.9 Å². The molecule has 0 aliphatic heterocycles. The maximum atomic E-state index is 12.4. The standard InChI is InChI=1S/2C10H8N6O2S4.Mo.2O/c2*17-7(5-11-1-2-12-5)15(9(19)20)16(10(21)22)8(18)6-13-3-4-14-6;;;/h2*1-4H,(H,11,12)(H,13,14)(H,19,20)(H,21,22);;;/q;;+2;;/p-2. The molecule has 0 saturated carbocycles. The summed E-state index contributed by atoms with van der Waals surface area (Å²) >= 11 is 35.2. The molecule has 0 aliphatic carbocycles. The Morgan fingerprint density at radius 3 is 0.915 bits per heavy atom. The van der Waals surface area contributed by atoms with Crippen LogP contribution < -0.4 is 0 Å². The van der Waals surface area contributed by atoms with Gasteiger partial charge < -0.3 is 69.6 Å². The molecule has 0 aliphatic rings. The zero-order valence-electron chi connectivity index (χ0n) is 22.4. The van der Waals surface area contributed by atoms with Gasteiger partial charge in [0.1, 0.15) is 0 Å². The number of nitrogens with one attached hydrogen (secondary N) is 4. The Hall–Kier alpha value is -3.49. The summed E-state index contributed by atoms with van der Waals surface area (Å²) < 4.78 is 15.9. The van der Waals surface area contributed by atoms with Crippen LogP contribution in [0.4, 0.5) is 0 Å². The van der Waals surface area contributed by atoms with Crippen molar-refractivity contribution < 1.29 is 44.5 Å². The predicted molar refractivity (Wildman–Crippen MR) is 183 cm³/mol. The molecule has 0 atom stereocenters. The molecular weight excluding hydrogens is 857 g/mol. The molecule has 0 saturated heterocycles. The fraction of sp³-hybridized carbons (Fsp3) is 0. The molecule has 4 heterocycles. The molecule has 0 radical (unpaired) electrons. The van der Waals surface area contributed by atoms with Gasteiger partial charge in [0.05, 0.1) is 0 Å². The third-order valence-electron chi connectivity index (χ3n) is 4.68. The average Bonchev–Trinajstić information content (AvgIpc) is 3.84. The van der Waals surface area contributed by atoms with Crippen LogP contribution in [0.5, 0.6) is 0 Å². The second-order valence-corrected chi connectivity index (χ2v) is 12.0. The van der Waals surface area contributed by atoms with Gasteiger partial charge in [0, 0.05) is 49.6 Å². The van der Waals surface area contributed by atoms with Crippen LogP contribution in [0.2, 0.25) is 0 Å². The van der Waals surface area contributed by atoms with Crippen molar-refractivity contribution in [2.75, 3.05) is 0 Å². The molecule has 0 spiro atoms. The van der Waals surface area contributed by atoms with Gasteiger partial charge in [-0.05, 0) is 8.64 Å². The molecule has 4 aromatic rings. The number of thiocarbonyl (C=S) groups is 4. The van der Waals surface area contributed by atoms with E-state index in [-0.39, 0.29) is 40.6 Å². The zero-order valence-corrected chi connectivity index (χ0v) is 31.1. The van der Waals surface area contributed by atoms with E-state index in [0.717, 1.165) is 20.0 Å². The molecule has 0 unspecified atom stereocenters. The minimum absolute atomic E-state index is 0.0557. The van der Waals surface area contributed by atoms with Crippen LogP contribution in [0.3, 0.4) is 0 Å². The minimum atomic E-state index is -2.03. The summed E-state index contributed by atoms with van der Waals surface area (Å²) in [7, 11) is 0. The summed E-state index contributed by atoms with van der Waals surface area (Å²) in [6, 6.07) is 0. The molecule has 18 nitrogen and oxygen atoms in total. The van der Waals surface area contributed by atoms with E-state index in [0.29, 0.717) is 0 Å². The van der Waals surface area contributed by atoms with Gasteiger partial charge >= 0.3 is 48.9 Å². The van der Waals surface area contributed by atoms with Gasteiger partial charge in [-0.2, -0.15) is 10.0 Å². The SMILES string of the molecule is O=C(c1ncc[nH]1)N(C(=S)[S-])N(C(=O)c1ncc[nH]1)C(=S)S.O=C(c1ncc[nH]1)N(C(=S)[S-])N(C(=O)c1ncc[nH]1)C(=S)S.[O]=[Mo+2]=[O]. The molecule has 4 amide bonds. The number of imidazole rings is 4. The van der Waals surface area contributed by atoms with Crippen LogP contribution in [0.15, 0.2) is 49.6 Å². The fourth-order valence-electron chi connectivity index (χ4n) is 2.97. The van der Waals surface area contributed by atoms with E-state index in [2.05, 4.69) is 65.1 Å². The third kappa shape index (κ3) is 10.8. The number of carbonyl (C=O) groups excluding carboxylic acids is 4. The van der Waals surface area contributed by atoms with Crippen molar-refractivity contribution in [3.05, 3.63) is 72.9 Å². The van der Waals surface area contributed by atoms with E-state index in [1.54, 1.807) is 0 Å². The van der Waals surface area contributed by atoms with Gasteiger partial charge in [0.2, 0.25) is 0 Å². The second kappa shape index (κ2) is 19.4. The van der Waals surface area contributed by atoms with Crippen molar-refractivity contribution in [3.63, 3.8) is 0 Å². The zero-order chi connectivity index (χ0) is 35.3. The predicted octanol–water partition coefficient (Wildman–Crippen LogP) is 1.12. The van der Waals surface area contributed by atoms with Crippen LogP contribution in [0, 0.1) is 0 Å². The molecule has 4 N–H and O–H groups in total. The quantitative estimate of drug-likeness (QED) is 0.0555. The van der Waals surface area contributed by atoms with Crippen LogP contribution in [0.25, 0.3) is 0 Å². The van der Waals surface area contributed by atoms with Crippen molar-refractivity contribution in [1.82, 2.24) is 59.9 Å². The summed E-state index contributed by atoms with van der Waals surface area (Å²) in [4.78, 5) is 75.3. The fourth-order valence-corrected chi connectivity index (χ4v) is 4.32. The van der Waals surface area contributed by atoms with Crippen molar-refractivity contribution >= 4 is 140 Å². The summed E-state index contributed by atoms with van der Waals surface area (Å²) in [5.41, 5.74) is 0. The molecule has 0 fully saturated rings. The Bertz CT molecular complexity index is 1530. The number of rotatable bonds is 4. The summed E-state index contributed by atoms with van der Waals surface area (Å²) in [5.74, 6) is -3.21. The monoisotopic (exact) mass is 872 g/mol. The van der Waals surface area contributed by atoms with E-state index in [1.807, 2.05) is 0 Å². The summed E-state index contributed by atoms with van der Waals surface area (Å²) in [5, 5.41) is 2.95. The number of hydrogen-bond acceptors (Lipinski definition) is 16. The molecule has 0 bridgehead atoms. The first-order valence-corrected chi connectivity index (χ1v) is 16.4. The summed E-state index contributed by atoms with van der Waals surface area (Å²) in [6.07, 6.45) is 11.3. The van der Waals surface area contributed by atoms with E-state index in [9.17, 15) is 19.2 Å². The number of aromatic amines is 4. The first kappa shape index (κ1) is 39.7. The number of amides is 4. The van der Waals surface area contributed by atoms with Crippen molar-refractivity contribution in [3.8, 4) is 0 Å². The van der Waals surface area contributed by atoms with Gasteiger partial charge in [-0.3, -0.25) is 19.2 Å². The molecule has 27 heteroatoms. The van der Waals surface area contributed by atoms with E-state index < -0.39 is 42.1 Å². The van der Waals surface area contributed by atoms with Gasteiger partial charge in [-0.1, -0.05) is 24.4 Å². The first-order valence-electron chi connectivity index (χ1n) is 11.4. The number of aromatic nitrogens is 8. The Labute approximate surface area is 315 Å². The molecule has 0 aromatic carbocycles.